The summed E-state index contributed by atoms with van der Waals surface area (Å²) < 4.78 is 0. The molecule has 1 rings (SSSR count). The van der Waals surface area contributed by atoms with Crippen LogP contribution in [0.25, 0.3) is 0 Å². The van der Waals surface area contributed by atoms with Gasteiger partial charge in [0, 0.05) is 5.56 Å². The first-order valence-electron chi connectivity index (χ1n) is 3.77. The largest absolute Gasteiger partial charge is 0.480 e. The molecule has 0 saturated heterocycles. The Hall–Kier alpha value is -1.55. The molecule has 1 aromatic carbocycles. The highest BCUT2D eigenvalue weighted by Crippen LogP contribution is 1.97. The Bertz CT molecular complexity index is 325. The molecule has 0 aliphatic carbocycles. The van der Waals surface area contributed by atoms with E-state index >= 15 is 0 Å². The van der Waals surface area contributed by atoms with Gasteiger partial charge in [0.05, 0.1) is 0 Å². The van der Waals surface area contributed by atoms with Crippen LogP contribution in [-0.4, -0.2) is 23.5 Å². The second-order valence-electron chi connectivity index (χ2n) is 2.46. The summed E-state index contributed by atoms with van der Waals surface area (Å²) in [4.78, 5) is 13.9. The van der Waals surface area contributed by atoms with Crippen molar-refractivity contribution in [3.63, 3.8) is 0 Å². The van der Waals surface area contributed by atoms with Gasteiger partial charge in [-0.1, -0.05) is 30.3 Å². The zero-order chi connectivity index (χ0) is 9.68. The molecular formula is C9H11ClN2O2. The number of carbonyl (C=O) groups is 1. The highest BCUT2D eigenvalue weighted by atomic mass is 35.5. The van der Waals surface area contributed by atoms with E-state index in [1.54, 1.807) is 12.1 Å². The highest BCUT2D eigenvalue weighted by molar-refractivity contribution is 5.98. The predicted molar refractivity (Wildman–Crippen MR) is 56.9 cm³/mol. The number of halogens is 1. The maximum absolute atomic E-state index is 10.2. The predicted octanol–water partition coefficient (Wildman–Crippen LogP) is 0.898. The molecule has 0 aliphatic rings. The first-order valence-corrected chi connectivity index (χ1v) is 3.77. The molecule has 0 aliphatic heterocycles. The topological polar surface area (TPSA) is 75.7 Å². The van der Waals surface area contributed by atoms with Crippen LogP contribution in [0.1, 0.15) is 5.56 Å². The molecule has 0 spiro atoms. The molecule has 0 fully saturated rings. The lowest BCUT2D eigenvalue weighted by Gasteiger charge is -1.98. The van der Waals surface area contributed by atoms with E-state index in [0.717, 1.165) is 5.56 Å². The van der Waals surface area contributed by atoms with E-state index in [9.17, 15) is 4.79 Å². The first-order chi connectivity index (χ1) is 6.20. The number of nitrogens with two attached hydrogens (primary N) is 1. The van der Waals surface area contributed by atoms with E-state index in [2.05, 4.69) is 4.99 Å². The molecule has 3 N–H and O–H groups in total. The summed E-state index contributed by atoms with van der Waals surface area (Å²) in [6.07, 6.45) is 0. The fraction of sp³-hybridized carbons (Fsp3) is 0.111. The third-order valence-corrected chi connectivity index (χ3v) is 1.45. The summed E-state index contributed by atoms with van der Waals surface area (Å²) >= 11 is 0. The van der Waals surface area contributed by atoms with Crippen molar-refractivity contribution in [3.05, 3.63) is 35.9 Å². The van der Waals surface area contributed by atoms with Gasteiger partial charge in [-0.2, -0.15) is 0 Å². The van der Waals surface area contributed by atoms with Crippen molar-refractivity contribution in [2.45, 2.75) is 0 Å². The number of carboxylic acid groups (broad SMARTS) is 1. The van der Waals surface area contributed by atoms with Gasteiger partial charge in [-0.25, -0.2) is 0 Å². The second-order valence-corrected chi connectivity index (χ2v) is 2.46. The second kappa shape index (κ2) is 5.99. The van der Waals surface area contributed by atoms with Crippen LogP contribution in [0, 0.1) is 0 Å². The third kappa shape index (κ3) is 3.91. The highest BCUT2D eigenvalue weighted by Gasteiger charge is 1.97. The Morgan fingerprint density at radius 3 is 2.43 bits per heavy atom. The van der Waals surface area contributed by atoms with E-state index in [1.165, 1.54) is 0 Å². The molecule has 0 bridgehead atoms. The van der Waals surface area contributed by atoms with Crippen molar-refractivity contribution in [2.24, 2.45) is 10.7 Å². The summed E-state index contributed by atoms with van der Waals surface area (Å²) in [5.74, 6) is -0.734. The summed E-state index contributed by atoms with van der Waals surface area (Å²) in [5, 5.41) is 8.35. The molecule has 5 heteroatoms. The van der Waals surface area contributed by atoms with Crippen LogP contribution in [0.2, 0.25) is 0 Å². The summed E-state index contributed by atoms with van der Waals surface area (Å²) in [6, 6.07) is 9.05. The minimum atomic E-state index is -0.987. The number of nitrogens with zero attached hydrogens (tertiary/aromatic N) is 1. The molecule has 0 atom stereocenters. The number of aliphatic carboxylic acids is 1. The van der Waals surface area contributed by atoms with Crippen LogP contribution in [-0.2, 0) is 4.79 Å². The van der Waals surface area contributed by atoms with Gasteiger partial charge >= 0.3 is 5.97 Å². The maximum atomic E-state index is 10.2. The van der Waals surface area contributed by atoms with Crippen LogP contribution in [0.3, 0.4) is 0 Å². The van der Waals surface area contributed by atoms with Gasteiger partial charge in [0.2, 0.25) is 0 Å². The van der Waals surface area contributed by atoms with Crippen molar-refractivity contribution < 1.29 is 9.90 Å². The summed E-state index contributed by atoms with van der Waals surface area (Å²) in [5.41, 5.74) is 6.27. The van der Waals surface area contributed by atoms with Crippen LogP contribution in [0.15, 0.2) is 35.3 Å². The molecule has 0 aromatic heterocycles. The van der Waals surface area contributed by atoms with E-state index in [0.29, 0.717) is 0 Å². The van der Waals surface area contributed by atoms with Crippen molar-refractivity contribution in [2.75, 3.05) is 6.54 Å². The molecule has 0 unspecified atom stereocenters. The smallest absolute Gasteiger partial charge is 0.325 e. The number of hydrogen-bond donors (Lipinski definition) is 2. The van der Waals surface area contributed by atoms with Crippen LogP contribution in [0.4, 0.5) is 0 Å². The van der Waals surface area contributed by atoms with Crippen molar-refractivity contribution >= 4 is 24.2 Å². The van der Waals surface area contributed by atoms with E-state index < -0.39 is 5.97 Å². The monoisotopic (exact) mass is 214 g/mol. The lowest BCUT2D eigenvalue weighted by atomic mass is 10.2. The maximum Gasteiger partial charge on any atom is 0.325 e. The summed E-state index contributed by atoms with van der Waals surface area (Å²) in [7, 11) is 0. The standard InChI is InChI=1S/C9H10N2O2.ClH/c10-9(11-6-8(12)13)7-4-2-1-3-5-7;/h1-5H,6H2,(H2,10,11)(H,12,13);1H. The number of carboxylic acids is 1. The van der Waals surface area contributed by atoms with Gasteiger partial charge in [0.1, 0.15) is 12.4 Å². The Morgan fingerprint density at radius 2 is 1.93 bits per heavy atom. The van der Waals surface area contributed by atoms with E-state index in [-0.39, 0.29) is 24.8 Å². The number of hydrogen-bond acceptors (Lipinski definition) is 2. The van der Waals surface area contributed by atoms with Crippen LogP contribution in [0.5, 0.6) is 0 Å². The van der Waals surface area contributed by atoms with Gasteiger partial charge in [-0.3, -0.25) is 9.79 Å². The molecule has 0 saturated carbocycles. The van der Waals surface area contributed by atoms with Gasteiger partial charge in [0.15, 0.2) is 0 Å². The van der Waals surface area contributed by atoms with Gasteiger partial charge in [0.25, 0.3) is 0 Å². The Kier molecular flexibility index (Phi) is 5.33. The molecule has 0 radical (unpaired) electrons. The number of amidine groups is 1. The van der Waals surface area contributed by atoms with Gasteiger partial charge < -0.3 is 10.8 Å². The first kappa shape index (κ1) is 12.4. The quantitative estimate of drug-likeness (QED) is 0.580. The number of rotatable bonds is 3. The molecule has 4 nitrogen and oxygen atoms in total. The van der Waals surface area contributed by atoms with E-state index in [1.807, 2.05) is 18.2 Å². The van der Waals surface area contributed by atoms with Gasteiger partial charge in [-0.05, 0) is 0 Å². The minimum absolute atomic E-state index is 0. The lowest BCUT2D eigenvalue weighted by molar-refractivity contribution is -0.135. The Balaban J connectivity index is 0.00000169. The van der Waals surface area contributed by atoms with Crippen molar-refractivity contribution in [1.29, 1.82) is 0 Å². The SMILES string of the molecule is Cl.NC(=NCC(=O)O)c1ccccc1. The number of benzene rings is 1. The molecule has 14 heavy (non-hydrogen) atoms. The van der Waals surface area contributed by atoms with Crippen LogP contribution >= 0.6 is 12.4 Å². The third-order valence-electron chi connectivity index (χ3n) is 1.45. The normalized spacial score (nSPS) is 10.4. The molecule has 76 valence electrons. The number of aliphatic imine (C=N–C) groups is 1. The molecular weight excluding hydrogens is 204 g/mol. The zero-order valence-corrected chi connectivity index (χ0v) is 8.20. The average molecular weight is 215 g/mol. The minimum Gasteiger partial charge on any atom is -0.480 e. The summed E-state index contributed by atoms with van der Waals surface area (Å²) in [6.45, 7) is -0.291. The Morgan fingerprint density at radius 1 is 1.36 bits per heavy atom. The van der Waals surface area contributed by atoms with E-state index in [4.69, 9.17) is 10.8 Å². The molecule has 0 heterocycles. The zero-order valence-electron chi connectivity index (χ0n) is 7.38. The fourth-order valence-corrected chi connectivity index (χ4v) is 0.853. The van der Waals surface area contributed by atoms with Crippen molar-refractivity contribution in [1.82, 2.24) is 0 Å². The van der Waals surface area contributed by atoms with Crippen LogP contribution < -0.4 is 5.73 Å². The molecule has 0 amide bonds. The van der Waals surface area contributed by atoms with Gasteiger partial charge in [-0.15, -0.1) is 12.4 Å². The average Bonchev–Trinajstić information content (AvgIpc) is 2.15. The Labute approximate surface area is 87.9 Å². The molecule has 1 aromatic rings. The van der Waals surface area contributed by atoms with Crippen molar-refractivity contribution in [3.8, 4) is 0 Å². The lowest BCUT2D eigenvalue weighted by Crippen LogP contribution is -2.15. The fourth-order valence-electron chi connectivity index (χ4n) is 0.853.